The van der Waals surface area contributed by atoms with Gasteiger partial charge in [0.2, 0.25) is 0 Å². The number of hydrogen-bond acceptors (Lipinski definition) is 5. The van der Waals surface area contributed by atoms with Crippen molar-refractivity contribution in [3.63, 3.8) is 0 Å². The zero-order valence-electron chi connectivity index (χ0n) is 22.0. The third kappa shape index (κ3) is 6.20. The number of rotatable bonds is 5. The van der Waals surface area contributed by atoms with Crippen LogP contribution in [-0.4, -0.2) is 34.3 Å². The molecule has 3 aromatic rings. The normalized spacial score (nSPS) is 16.8. The fraction of sp³-hybridized carbons (Fsp3) is 0.233. The summed E-state index contributed by atoms with van der Waals surface area (Å²) in [6, 6.07) is 20.5. The van der Waals surface area contributed by atoms with Crippen LogP contribution in [0.25, 0.3) is 0 Å². The first-order chi connectivity index (χ1) is 18.8. The number of nitrogens with zero attached hydrogens (tertiary/aromatic N) is 2. The Morgan fingerprint density at radius 1 is 0.949 bits per heavy atom. The predicted octanol–water partition coefficient (Wildman–Crippen LogP) is 7.47. The summed E-state index contributed by atoms with van der Waals surface area (Å²) < 4.78 is 0.886. The molecule has 3 amide bonds. The minimum absolute atomic E-state index is 0.154. The van der Waals surface area contributed by atoms with Crippen molar-refractivity contribution in [3.05, 3.63) is 99.2 Å². The number of aliphatic imine (C=N–C) groups is 1. The van der Waals surface area contributed by atoms with Crippen molar-refractivity contribution in [2.45, 2.75) is 33.2 Å². The standard InChI is InChI=1S/C30H30BrN5O2S/c1-18-8-13-25(19(2)16-18)35-28(37)26-20(3)32-30-36(14-5-15-39-30)27(26)21-9-11-23(12-10-21)33-29(38)34-24-7-4-6-22(31)17-24/h4,6-13,16-17,27H,5,14-15H2,1-3H3,(H,35,37)(H2,33,34,38). The molecule has 0 aromatic heterocycles. The maximum absolute atomic E-state index is 13.7. The number of benzene rings is 3. The number of nitrogens with one attached hydrogen (secondary N) is 3. The highest BCUT2D eigenvalue weighted by Crippen LogP contribution is 2.40. The van der Waals surface area contributed by atoms with Gasteiger partial charge >= 0.3 is 6.03 Å². The Kier molecular flexibility index (Phi) is 8.09. The van der Waals surface area contributed by atoms with E-state index < -0.39 is 0 Å². The molecule has 2 heterocycles. The molecule has 0 saturated carbocycles. The van der Waals surface area contributed by atoms with Gasteiger partial charge in [0, 0.05) is 33.8 Å². The number of aryl methyl sites for hydroxylation is 2. The molecule has 1 unspecified atom stereocenters. The number of halogens is 1. The van der Waals surface area contributed by atoms with E-state index in [1.807, 2.05) is 81.4 Å². The molecule has 2 aliphatic rings. The lowest BCUT2D eigenvalue weighted by atomic mass is 9.93. The van der Waals surface area contributed by atoms with Crippen LogP contribution in [0, 0.1) is 13.8 Å². The Hall–Kier alpha value is -3.56. The second-order valence-corrected chi connectivity index (χ2v) is 11.7. The molecule has 2 aliphatic heterocycles. The number of anilines is 3. The summed E-state index contributed by atoms with van der Waals surface area (Å²) in [7, 11) is 0. The van der Waals surface area contributed by atoms with E-state index in [-0.39, 0.29) is 18.0 Å². The molecule has 1 atom stereocenters. The average Bonchev–Trinajstić information content (AvgIpc) is 2.90. The number of urea groups is 1. The molecule has 0 spiro atoms. The maximum atomic E-state index is 13.7. The second-order valence-electron chi connectivity index (χ2n) is 9.68. The van der Waals surface area contributed by atoms with Crippen LogP contribution in [0.2, 0.25) is 0 Å². The molecule has 0 aliphatic carbocycles. The van der Waals surface area contributed by atoms with Crippen molar-refractivity contribution >= 4 is 61.9 Å². The van der Waals surface area contributed by atoms with Gasteiger partial charge < -0.3 is 20.9 Å². The van der Waals surface area contributed by atoms with Gasteiger partial charge in [-0.1, -0.05) is 63.6 Å². The van der Waals surface area contributed by atoms with Crippen molar-refractivity contribution in [2.75, 3.05) is 28.2 Å². The third-order valence-corrected chi connectivity index (χ3v) is 8.27. The first-order valence-corrected chi connectivity index (χ1v) is 14.6. The number of fused-ring (bicyclic) bond motifs is 1. The summed E-state index contributed by atoms with van der Waals surface area (Å²) in [5, 5.41) is 9.80. The van der Waals surface area contributed by atoms with E-state index in [4.69, 9.17) is 4.99 Å². The minimum atomic E-state index is -0.329. The molecule has 1 fully saturated rings. The van der Waals surface area contributed by atoms with Gasteiger partial charge in [-0.15, -0.1) is 0 Å². The topological polar surface area (TPSA) is 85.8 Å². The molecule has 9 heteroatoms. The van der Waals surface area contributed by atoms with Crippen LogP contribution in [0.4, 0.5) is 21.9 Å². The van der Waals surface area contributed by atoms with Gasteiger partial charge in [0.1, 0.15) is 0 Å². The highest BCUT2D eigenvalue weighted by molar-refractivity contribution is 9.10. The molecule has 39 heavy (non-hydrogen) atoms. The van der Waals surface area contributed by atoms with E-state index >= 15 is 0 Å². The van der Waals surface area contributed by atoms with Gasteiger partial charge in [0.15, 0.2) is 5.17 Å². The third-order valence-electron chi connectivity index (χ3n) is 6.70. The van der Waals surface area contributed by atoms with Crippen LogP contribution in [-0.2, 0) is 4.79 Å². The zero-order valence-corrected chi connectivity index (χ0v) is 24.4. The van der Waals surface area contributed by atoms with Gasteiger partial charge in [0.05, 0.1) is 17.3 Å². The van der Waals surface area contributed by atoms with Crippen LogP contribution < -0.4 is 16.0 Å². The van der Waals surface area contributed by atoms with Crippen LogP contribution in [0.15, 0.2) is 87.5 Å². The highest BCUT2D eigenvalue weighted by atomic mass is 79.9. The van der Waals surface area contributed by atoms with Gasteiger partial charge in [-0.25, -0.2) is 9.79 Å². The maximum Gasteiger partial charge on any atom is 0.323 e. The Balaban J connectivity index is 1.39. The largest absolute Gasteiger partial charge is 0.340 e. The summed E-state index contributed by atoms with van der Waals surface area (Å²) >= 11 is 5.14. The van der Waals surface area contributed by atoms with E-state index in [2.05, 4.69) is 42.8 Å². The fourth-order valence-electron chi connectivity index (χ4n) is 4.86. The van der Waals surface area contributed by atoms with Crippen molar-refractivity contribution < 1.29 is 9.59 Å². The molecule has 7 nitrogen and oxygen atoms in total. The van der Waals surface area contributed by atoms with E-state index in [9.17, 15) is 9.59 Å². The first-order valence-electron chi connectivity index (χ1n) is 12.8. The van der Waals surface area contributed by atoms with Crippen LogP contribution in [0.1, 0.15) is 36.1 Å². The lowest BCUT2D eigenvalue weighted by molar-refractivity contribution is -0.113. The van der Waals surface area contributed by atoms with Crippen molar-refractivity contribution in [2.24, 2.45) is 4.99 Å². The molecule has 0 bridgehead atoms. The van der Waals surface area contributed by atoms with Crippen LogP contribution in [0.3, 0.4) is 0 Å². The number of allylic oxidation sites excluding steroid dienone is 1. The summed E-state index contributed by atoms with van der Waals surface area (Å²) in [6.45, 7) is 6.76. The smallest absolute Gasteiger partial charge is 0.323 e. The predicted molar refractivity (Wildman–Crippen MR) is 164 cm³/mol. The van der Waals surface area contributed by atoms with Crippen LogP contribution in [0.5, 0.6) is 0 Å². The summed E-state index contributed by atoms with van der Waals surface area (Å²) in [6.07, 6.45) is 1.01. The SMILES string of the molecule is CC1=C(C(=O)Nc2ccc(C)cc2C)C(c2ccc(NC(=O)Nc3cccc(Br)c3)cc2)N2CCCSC2=N1. The Morgan fingerprint density at radius 2 is 1.72 bits per heavy atom. The monoisotopic (exact) mass is 603 g/mol. The van der Waals surface area contributed by atoms with Crippen molar-refractivity contribution in [1.29, 1.82) is 0 Å². The van der Waals surface area contributed by atoms with Gasteiger partial charge in [-0.3, -0.25) is 4.79 Å². The quantitative estimate of drug-likeness (QED) is 0.282. The van der Waals surface area contributed by atoms with Gasteiger partial charge in [0.25, 0.3) is 5.91 Å². The van der Waals surface area contributed by atoms with E-state index in [1.54, 1.807) is 11.8 Å². The molecule has 3 aromatic carbocycles. The van der Waals surface area contributed by atoms with Crippen molar-refractivity contribution in [3.8, 4) is 0 Å². The number of carbonyl (C=O) groups excluding carboxylic acids is 2. The Labute approximate surface area is 241 Å². The van der Waals surface area contributed by atoms with Crippen LogP contribution >= 0.6 is 27.7 Å². The zero-order chi connectivity index (χ0) is 27.5. The number of thioether (sulfide) groups is 1. The average molecular weight is 605 g/mol. The summed E-state index contributed by atoms with van der Waals surface area (Å²) in [4.78, 5) is 33.3. The number of hydrogen-bond donors (Lipinski definition) is 3. The van der Waals surface area contributed by atoms with Gasteiger partial charge in [-0.05, 0) is 74.7 Å². The number of amides is 3. The molecule has 200 valence electrons. The summed E-state index contributed by atoms with van der Waals surface area (Å²) in [5.41, 5.74) is 6.63. The fourth-order valence-corrected chi connectivity index (χ4v) is 6.28. The molecule has 3 N–H and O–H groups in total. The lowest BCUT2D eigenvalue weighted by Crippen LogP contribution is -2.43. The molecule has 5 rings (SSSR count). The van der Waals surface area contributed by atoms with E-state index in [1.165, 1.54) is 0 Å². The highest BCUT2D eigenvalue weighted by Gasteiger charge is 2.37. The minimum Gasteiger partial charge on any atom is -0.340 e. The Bertz CT molecular complexity index is 1480. The Morgan fingerprint density at radius 3 is 2.46 bits per heavy atom. The van der Waals surface area contributed by atoms with E-state index in [0.717, 1.165) is 56.4 Å². The lowest BCUT2D eigenvalue weighted by Gasteiger charge is -2.41. The second kappa shape index (κ2) is 11.7. The molecular formula is C30H30BrN5O2S. The van der Waals surface area contributed by atoms with E-state index in [0.29, 0.717) is 16.9 Å². The first kappa shape index (κ1) is 27.0. The molecular weight excluding hydrogens is 574 g/mol. The molecule has 0 radical (unpaired) electrons. The number of carbonyl (C=O) groups is 2. The number of amidine groups is 1. The van der Waals surface area contributed by atoms with Gasteiger partial charge in [-0.2, -0.15) is 0 Å². The molecule has 1 saturated heterocycles. The summed E-state index contributed by atoms with van der Waals surface area (Å²) in [5.74, 6) is 0.855. The van der Waals surface area contributed by atoms with Crippen molar-refractivity contribution in [1.82, 2.24) is 4.90 Å².